The third-order valence-corrected chi connectivity index (χ3v) is 3.43. The maximum atomic E-state index is 12.7. The Bertz CT molecular complexity index is 685. The Hall–Kier alpha value is -2.11. The molecule has 120 valence electrons. The maximum absolute atomic E-state index is 12.7. The number of carbonyl (C=O) groups is 1. The van der Waals surface area contributed by atoms with Gasteiger partial charge in [-0.3, -0.25) is 4.79 Å². The predicted molar refractivity (Wildman–Crippen MR) is 86.4 cm³/mol. The van der Waals surface area contributed by atoms with Crippen molar-refractivity contribution in [2.24, 2.45) is 5.16 Å². The van der Waals surface area contributed by atoms with Gasteiger partial charge < -0.3 is 9.57 Å². The minimum absolute atomic E-state index is 0.0853. The van der Waals surface area contributed by atoms with Gasteiger partial charge in [-0.2, -0.15) is 0 Å². The van der Waals surface area contributed by atoms with E-state index >= 15 is 0 Å². The Morgan fingerprint density at radius 2 is 1.78 bits per heavy atom. The second kappa shape index (κ2) is 8.50. The summed E-state index contributed by atoms with van der Waals surface area (Å²) in [4.78, 5) is 16.6. The second-order valence-corrected chi connectivity index (χ2v) is 5.21. The minimum atomic E-state index is -0.542. The summed E-state index contributed by atoms with van der Waals surface area (Å²) < 4.78 is 17.7. The molecule has 0 fully saturated rings. The molecule has 0 aromatic heterocycles. The standard InChI is InChI=1S/C16H12Cl2FNO3/c17-14-2-1-3-15(18)13(14)10-22-20-9-8-16(21)23-12-6-4-11(19)5-7-12/h1-7,9H,8,10H2/b20-9+. The highest BCUT2D eigenvalue weighted by molar-refractivity contribution is 6.35. The number of halogens is 3. The van der Waals surface area contributed by atoms with Crippen LogP contribution in [0.25, 0.3) is 0 Å². The summed E-state index contributed by atoms with van der Waals surface area (Å²) in [6.07, 6.45) is 1.17. The molecular formula is C16H12Cl2FNO3. The van der Waals surface area contributed by atoms with E-state index in [4.69, 9.17) is 32.8 Å². The van der Waals surface area contributed by atoms with Crippen LogP contribution in [-0.4, -0.2) is 12.2 Å². The predicted octanol–water partition coefficient (Wildman–Crippen LogP) is 4.63. The average Bonchev–Trinajstić information content (AvgIpc) is 2.52. The van der Waals surface area contributed by atoms with Gasteiger partial charge in [-0.15, -0.1) is 0 Å². The molecule has 0 aliphatic rings. The molecule has 0 spiro atoms. The SMILES string of the molecule is O=C(C/C=N/OCc1c(Cl)cccc1Cl)Oc1ccc(F)cc1. The van der Waals surface area contributed by atoms with Gasteiger partial charge in [-0.25, -0.2) is 4.39 Å². The number of oxime groups is 1. The van der Waals surface area contributed by atoms with Crippen molar-refractivity contribution in [3.05, 3.63) is 63.9 Å². The van der Waals surface area contributed by atoms with Crippen molar-refractivity contribution >= 4 is 35.4 Å². The van der Waals surface area contributed by atoms with Crippen LogP contribution in [-0.2, 0) is 16.2 Å². The largest absolute Gasteiger partial charge is 0.426 e. The molecule has 0 saturated heterocycles. The number of hydrogen-bond acceptors (Lipinski definition) is 4. The number of carbonyl (C=O) groups excluding carboxylic acids is 1. The monoisotopic (exact) mass is 355 g/mol. The van der Waals surface area contributed by atoms with E-state index in [0.717, 1.165) is 0 Å². The first-order chi connectivity index (χ1) is 11.1. The zero-order valence-corrected chi connectivity index (χ0v) is 13.4. The van der Waals surface area contributed by atoms with Gasteiger partial charge in [-0.05, 0) is 36.4 Å². The lowest BCUT2D eigenvalue weighted by atomic mass is 10.2. The van der Waals surface area contributed by atoms with Crippen LogP contribution < -0.4 is 4.74 Å². The minimum Gasteiger partial charge on any atom is -0.426 e. The van der Waals surface area contributed by atoms with Gasteiger partial charge >= 0.3 is 5.97 Å². The van der Waals surface area contributed by atoms with Crippen LogP contribution in [0.4, 0.5) is 4.39 Å². The van der Waals surface area contributed by atoms with Crippen molar-refractivity contribution in [3.8, 4) is 5.75 Å². The molecule has 0 aliphatic heterocycles. The Labute approximate surface area is 142 Å². The highest BCUT2D eigenvalue weighted by Gasteiger charge is 2.06. The highest BCUT2D eigenvalue weighted by atomic mass is 35.5. The van der Waals surface area contributed by atoms with Crippen molar-refractivity contribution in [2.45, 2.75) is 13.0 Å². The molecule has 0 amide bonds. The Balaban J connectivity index is 1.76. The first-order valence-corrected chi connectivity index (χ1v) is 7.35. The van der Waals surface area contributed by atoms with Crippen LogP contribution in [0, 0.1) is 5.82 Å². The Morgan fingerprint density at radius 3 is 2.43 bits per heavy atom. The third-order valence-electron chi connectivity index (χ3n) is 2.72. The quantitative estimate of drug-likeness (QED) is 0.328. The van der Waals surface area contributed by atoms with Gasteiger partial charge in [0.1, 0.15) is 18.2 Å². The maximum Gasteiger partial charge on any atom is 0.316 e. The number of rotatable bonds is 6. The van der Waals surface area contributed by atoms with Gasteiger partial charge in [0, 0.05) is 15.6 Å². The fourth-order valence-corrected chi connectivity index (χ4v) is 2.12. The van der Waals surface area contributed by atoms with Gasteiger partial charge in [-0.1, -0.05) is 34.4 Å². The van der Waals surface area contributed by atoms with Crippen molar-refractivity contribution in [3.63, 3.8) is 0 Å². The molecule has 2 aromatic carbocycles. The topological polar surface area (TPSA) is 47.9 Å². The van der Waals surface area contributed by atoms with E-state index in [1.807, 2.05) is 0 Å². The van der Waals surface area contributed by atoms with E-state index in [-0.39, 0.29) is 18.8 Å². The van der Waals surface area contributed by atoms with Crippen LogP contribution in [0.15, 0.2) is 47.6 Å². The lowest BCUT2D eigenvalue weighted by Gasteiger charge is -2.05. The van der Waals surface area contributed by atoms with Gasteiger partial charge in [0.25, 0.3) is 0 Å². The van der Waals surface area contributed by atoms with E-state index in [0.29, 0.717) is 15.6 Å². The molecule has 0 saturated carbocycles. The summed E-state index contributed by atoms with van der Waals surface area (Å²) in [5.41, 5.74) is 0.613. The molecule has 2 aromatic rings. The molecule has 23 heavy (non-hydrogen) atoms. The number of hydrogen-bond donors (Lipinski definition) is 0. The lowest BCUT2D eigenvalue weighted by Crippen LogP contribution is -2.08. The number of nitrogens with zero attached hydrogens (tertiary/aromatic N) is 1. The summed E-state index contributed by atoms with van der Waals surface area (Å²) in [6, 6.07) is 10.2. The second-order valence-electron chi connectivity index (χ2n) is 4.39. The van der Waals surface area contributed by atoms with E-state index in [1.165, 1.54) is 30.5 Å². The molecule has 4 nitrogen and oxygen atoms in total. The summed E-state index contributed by atoms with van der Waals surface area (Å²) in [7, 11) is 0. The normalized spacial score (nSPS) is 10.7. The molecule has 0 N–H and O–H groups in total. The molecule has 0 radical (unpaired) electrons. The van der Waals surface area contributed by atoms with E-state index < -0.39 is 11.8 Å². The van der Waals surface area contributed by atoms with Crippen LogP contribution in [0.1, 0.15) is 12.0 Å². The van der Waals surface area contributed by atoms with Crippen LogP contribution in [0.2, 0.25) is 10.0 Å². The van der Waals surface area contributed by atoms with Crippen molar-refractivity contribution < 1.29 is 18.8 Å². The molecular weight excluding hydrogens is 344 g/mol. The zero-order valence-electron chi connectivity index (χ0n) is 11.8. The summed E-state index contributed by atoms with van der Waals surface area (Å²) in [6.45, 7) is 0.0853. The van der Waals surface area contributed by atoms with Crippen molar-refractivity contribution in [1.82, 2.24) is 0 Å². The molecule has 0 heterocycles. The lowest BCUT2D eigenvalue weighted by molar-refractivity contribution is -0.132. The molecule has 0 unspecified atom stereocenters. The van der Waals surface area contributed by atoms with Crippen molar-refractivity contribution in [2.75, 3.05) is 0 Å². The van der Waals surface area contributed by atoms with Crippen LogP contribution in [0.3, 0.4) is 0 Å². The number of benzene rings is 2. The van der Waals surface area contributed by atoms with Crippen LogP contribution >= 0.6 is 23.2 Å². The smallest absolute Gasteiger partial charge is 0.316 e. The fraction of sp³-hybridized carbons (Fsp3) is 0.125. The summed E-state index contributed by atoms with van der Waals surface area (Å²) in [5.74, 6) is -0.689. The first kappa shape index (κ1) is 17.2. The van der Waals surface area contributed by atoms with Crippen molar-refractivity contribution in [1.29, 1.82) is 0 Å². The summed E-state index contributed by atoms with van der Waals surface area (Å²) >= 11 is 12.0. The molecule has 0 bridgehead atoms. The first-order valence-electron chi connectivity index (χ1n) is 6.59. The highest BCUT2D eigenvalue weighted by Crippen LogP contribution is 2.24. The van der Waals surface area contributed by atoms with Crippen LogP contribution in [0.5, 0.6) is 5.75 Å². The van der Waals surface area contributed by atoms with Gasteiger partial charge in [0.2, 0.25) is 0 Å². The number of esters is 1. The van der Waals surface area contributed by atoms with E-state index in [9.17, 15) is 9.18 Å². The molecule has 0 atom stereocenters. The van der Waals surface area contributed by atoms with E-state index in [2.05, 4.69) is 5.16 Å². The Kier molecular flexibility index (Phi) is 6.38. The summed E-state index contributed by atoms with van der Waals surface area (Å²) in [5, 5.41) is 4.59. The fourth-order valence-electron chi connectivity index (χ4n) is 1.61. The Morgan fingerprint density at radius 1 is 1.13 bits per heavy atom. The van der Waals surface area contributed by atoms with Gasteiger partial charge in [0.15, 0.2) is 0 Å². The molecule has 2 rings (SSSR count). The number of ether oxygens (including phenoxy) is 1. The zero-order chi connectivity index (χ0) is 16.7. The van der Waals surface area contributed by atoms with E-state index in [1.54, 1.807) is 18.2 Å². The molecule has 0 aliphatic carbocycles. The molecule has 7 heteroatoms. The van der Waals surface area contributed by atoms with Gasteiger partial charge in [0.05, 0.1) is 12.6 Å². The third kappa shape index (κ3) is 5.54. The average molecular weight is 356 g/mol.